The van der Waals surface area contributed by atoms with E-state index >= 15 is 0 Å². The standard InChI is InChI=1S/C13H9N4O/c18-13(9-3-1-5-14-7-9)17-11-8-16-12-10(11)4-2-6-15-12/h1-3,5-8H,(H,15,16)(H,17,18). The molecule has 0 aliphatic carbocycles. The zero-order valence-electron chi connectivity index (χ0n) is 9.34. The zero-order chi connectivity index (χ0) is 12.4. The van der Waals surface area contributed by atoms with Crippen molar-refractivity contribution in [2.45, 2.75) is 0 Å². The lowest BCUT2D eigenvalue weighted by atomic mass is 10.2. The second-order valence-electron chi connectivity index (χ2n) is 3.71. The molecule has 3 aromatic heterocycles. The Morgan fingerprint density at radius 2 is 2.33 bits per heavy atom. The van der Waals surface area contributed by atoms with E-state index in [1.54, 1.807) is 36.8 Å². The number of nitrogens with one attached hydrogen (secondary N) is 2. The molecular formula is C13H9N4O. The van der Waals surface area contributed by atoms with Gasteiger partial charge in [-0.1, -0.05) is 0 Å². The molecule has 5 nitrogen and oxygen atoms in total. The van der Waals surface area contributed by atoms with Crippen molar-refractivity contribution in [2.24, 2.45) is 0 Å². The maximum atomic E-state index is 12.0. The Hall–Kier alpha value is -2.69. The largest absolute Gasteiger partial charge is 0.344 e. The van der Waals surface area contributed by atoms with Gasteiger partial charge in [0.1, 0.15) is 5.65 Å². The van der Waals surface area contributed by atoms with Gasteiger partial charge in [-0.3, -0.25) is 9.78 Å². The van der Waals surface area contributed by atoms with Gasteiger partial charge < -0.3 is 10.3 Å². The number of hydrogen-bond acceptors (Lipinski definition) is 3. The van der Waals surface area contributed by atoms with Gasteiger partial charge in [0.15, 0.2) is 0 Å². The molecule has 0 aliphatic rings. The van der Waals surface area contributed by atoms with Crippen molar-refractivity contribution in [3.05, 3.63) is 54.6 Å². The summed E-state index contributed by atoms with van der Waals surface area (Å²) in [6.45, 7) is 0. The molecule has 3 rings (SSSR count). The van der Waals surface area contributed by atoms with Gasteiger partial charge in [-0.25, -0.2) is 4.98 Å². The van der Waals surface area contributed by atoms with Crippen molar-refractivity contribution in [1.29, 1.82) is 0 Å². The Morgan fingerprint density at radius 1 is 1.39 bits per heavy atom. The number of nitrogens with zero attached hydrogens (tertiary/aromatic N) is 2. The summed E-state index contributed by atoms with van der Waals surface area (Å²) in [4.78, 5) is 23.0. The van der Waals surface area contributed by atoms with Crippen LogP contribution in [0.15, 0.2) is 43.0 Å². The van der Waals surface area contributed by atoms with E-state index in [1.165, 1.54) is 6.20 Å². The molecule has 1 amide bonds. The Labute approximate surface area is 103 Å². The van der Waals surface area contributed by atoms with Crippen LogP contribution in [0.4, 0.5) is 5.69 Å². The van der Waals surface area contributed by atoms with Gasteiger partial charge in [0.2, 0.25) is 0 Å². The number of aromatic nitrogens is 3. The van der Waals surface area contributed by atoms with E-state index in [0.717, 1.165) is 5.39 Å². The second kappa shape index (κ2) is 4.29. The quantitative estimate of drug-likeness (QED) is 0.716. The van der Waals surface area contributed by atoms with E-state index in [0.29, 0.717) is 16.9 Å². The minimum atomic E-state index is -0.207. The highest BCUT2D eigenvalue weighted by atomic mass is 16.1. The number of amides is 1. The summed E-state index contributed by atoms with van der Waals surface area (Å²) in [6.07, 6.45) is 6.49. The lowest BCUT2D eigenvalue weighted by Crippen LogP contribution is -2.11. The van der Waals surface area contributed by atoms with Gasteiger partial charge in [0.05, 0.1) is 16.6 Å². The highest BCUT2D eigenvalue weighted by Crippen LogP contribution is 2.20. The van der Waals surface area contributed by atoms with Crippen LogP contribution in [0.3, 0.4) is 0 Å². The summed E-state index contributed by atoms with van der Waals surface area (Å²) < 4.78 is 0. The van der Waals surface area contributed by atoms with Crippen LogP contribution < -0.4 is 5.32 Å². The van der Waals surface area contributed by atoms with E-state index in [9.17, 15) is 4.79 Å². The van der Waals surface area contributed by atoms with Gasteiger partial charge in [-0.05, 0) is 24.3 Å². The van der Waals surface area contributed by atoms with E-state index in [1.807, 2.05) is 0 Å². The molecule has 87 valence electrons. The van der Waals surface area contributed by atoms with E-state index < -0.39 is 0 Å². The van der Waals surface area contributed by atoms with Crippen molar-refractivity contribution < 1.29 is 4.79 Å². The first-order chi connectivity index (χ1) is 8.84. The number of pyridine rings is 2. The lowest BCUT2D eigenvalue weighted by Gasteiger charge is -2.02. The van der Waals surface area contributed by atoms with Gasteiger partial charge in [0.25, 0.3) is 5.91 Å². The number of fused-ring (bicyclic) bond motifs is 1. The molecule has 0 bridgehead atoms. The van der Waals surface area contributed by atoms with Crippen molar-refractivity contribution in [1.82, 2.24) is 15.0 Å². The Morgan fingerprint density at radius 3 is 3.17 bits per heavy atom. The van der Waals surface area contributed by atoms with Gasteiger partial charge in [0, 0.05) is 24.8 Å². The van der Waals surface area contributed by atoms with Gasteiger partial charge >= 0.3 is 0 Å². The average molecular weight is 237 g/mol. The van der Waals surface area contributed by atoms with Crippen LogP contribution in [-0.4, -0.2) is 20.9 Å². The predicted octanol–water partition coefficient (Wildman–Crippen LogP) is 2.01. The van der Waals surface area contributed by atoms with Crippen LogP contribution in [0.5, 0.6) is 0 Å². The molecule has 0 spiro atoms. The third-order valence-corrected chi connectivity index (χ3v) is 2.54. The first kappa shape index (κ1) is 10.5. The average Bonchev–Trinajstić information content (AvgIpc) is 2.83. The lowest BCUT2D eigenvalue weighted by molar-refractivity contribution is 0.102. The van der Waals surface area contributed by atoms with Crippen LogP contribution in [0.2, 0.25) is 0 Å². The number of hydrogen-bond donors (Lipinski definition) is 2. The second-order valence-corrected chi connectivity index (χ2v) is 3.71. The molecule has 0 atom stereocenters. The smallest absolute Gasteiger partial charge is 0.257 e. The van der Waals surface area contributed by atoms with E-state index in [2.05, 4.69) is 26.3 Å². The van der Waals surface area contributed by atoms with Crippen LogP contribution >= 0.6 is 0 Å². The highest BCUT2D eigenvalue weighted by Gasteiger charge is 2.09. The number of carbonyl (C=O) groups excluding carboxylic acids is 1. The fraction of sp³-hybridized carbons (Fsp3) is 0. The number of anilines is 1. The molecule has 0 saturated carbocycles. The molecule has 2 N–H and O–H groups in total. The summed E-state index contributed by atoms with van der Waals surface area (Å²) in [5.74, 6) is -0.207. The summed E-state index contributed by atoms with van der Waals surface area (Å²) >= 11 is 0. The first-order valence-electron chi connectivity index (χ1n) is 5.40. The molecule has 3 heterocycles. The van der Waals surface area contributed by atoms with Crippen LogP contribution in [0.1, 0.15) is 10.4 Å². The molecule has 0 fully saturated rings. The molecule has 18 heavy (non-hydrogen) atoms. The normalized spacial score (nSPS) is 10.4. The third kappa shape index (κ3) is 1.82. The van der Waals surface area contributed by atoms with Crippen molar-refractivity contribution >= 4 is 22.6 Å². The number of rotatable bonds is 2. The number of H-pyrrole nitrogens is 1. The molecule has 0 saturated heterocycles. The highest BCUT2D eigenvalue weighted by molar-refractivity contribution is 6.08. The molecule has 3 aromatic rings. The topological polar surface area (TPSA) is 70.7 Å². The van der Waals surface area contributed by atoms with Crippen molar-refractivity contribution in [3.8, 4) is 0 Å². The van der Waals surface area contributed by atoms with Crippen molar-refractivity contribution in [2.75, 3.05) is 5.32 Å². The molecule has 0 aliphatic heterocycles. The van der Waals surface area contributed by atoms with Gasteiger partial charge in [-0.15, -0.1) is 0 Å². The predicted molar refractivity (Wildman–Crippen MR) is 67.1 cm³/mol. The van der Waals surface area contributed by atoms with Gasteiger partial charge in [-0.2, -0.15) is 0 Å². The third-order valence-electron chi connectivity index (χ3n) is 2.54. The number of aromatic amines is 1. The summed E-state index contributed by atoms with van der Waals surface area (Å²) in [7, 11) is 0. The maximum Gasteiger partial charge on any atom is 0.257 e. The van der Waals surface area contributed by atoms with Crippen molar-refractivity contribution in [3.63, 3.8) is 0 Å². The summed E-state index contributed by atoms with van der Waals surface area (Å²) in [5, 5.41) is 3.56. The molecule has 1 radical (unpaired) electrons. The van der Waals surface area contributed by atoms with Crippen LogP contribution in [-0.2, 0) is 0 Å². The monoisotopic (exact) mass is 237 g/mol. The Bertz CT molecular complexity index is 690. The maximum absolute atomic E-state index is 12.0. The first-order valence-corrected chi connectivity index (χ1v) is 5.40. The fourth-order valence-corrected chi connectivity index (χ4v) is 1.68. The molecular weight excluding hydrogens is 228 g/mol. The summed E-state index contributed by atoms with van der Waals surface area (Å²) in [5.41, 5.74) is 1.86. The Balaban J connectivity index is 1.91. The summed E-state index contributed by atoms with van der Waals surface area (Å²) in [6, 6.07) is 8.16. The fourth-order valence-electron chi connectivity index (χ4n) is 1.68. The van der Waals surface area contributed by atoms with E-state index in [4.69, 9.17) is 0 Å². The Kier molecular flexibility index (Phi) is 2.49. The molecule has 5 heteroatoms. The molecule has 0 aromatic carbocycles. The minimum absolute atomic E-state index is 0.207. The number of carbonyl (C=O) groups is 1. The SMILES string of the molecule is O=C(Nc1c[nH]c2ncc[c]c12)c1cccnc1. The van der Waals surface area contributed by atoms with Crippen LogP contribution in [0.25, 0.3) is 11.0 Å². The molecule has 0 unspecified atom stereocenters. The van der Waals surface area contributed by atoms with E-state index in [-0.39, 0.29) is 5.91 Å². The van der Waals surface area contributed by atoms with Crippen LogP contribution in [0, 0.1) is 6.07 Å². The minimum Gasteiger partial charge on any atom is -0.344 e. The zero-order valence-corrected chi connectivity index (χ0v) is 9.34.